The van der Waals surface area contributed by atoms with Crippen molar-refractivity contribution in [1.29, 1.82) is 0 Å². The minimum absolute atomic E-state index is 0.0624. The third-order valence-corrected chi connectivity index (χ3v) is 4.83. The van der Waals surface area contributed by atoms with Crippen LogP contribution in [0.3, 0.4) is 0 Å². The Hall–Kier alpha value is -3.15. The van der Waals surface area contributed by atoms with Crippen LogP contribution in [0.25, 0.3) is 22.0 Å². The first kappa shape index (κ1) is 16.3. The lowest BCUT2D eigenvalue weighted by molar-refractivity contribution is 0.355. The number of ether oxygens (including phenoxy) is 4. The molecule has 1 aliphatic heterocycles. The molecule has 1 aromatic heterocycles. The molecule has 0 saturated heterocycles. The van der Waals surface area contributed by atoms with Gasteiger partial charge in [-0.15, -0.1) is 0 Å². The highest BCUT2D eigenvalue weighted by atomic mass is 16.5. The molecule has 0 radical (unpaired) electrons. The molecule has 6 heteroatoms. The van der Waals surface area contributed by atoms with Crippen LogP contribution >= 0.6 is 0 Å². The quantitative estimate of drug-likeness (QED) is 0.564. The van der Waals surface area contributed by atoms with E-state index in [1.54, 1.807) is 39.1 Å². The predicted molar refractivity (Wildman–Crippen MR) is 99.0 cm³/mol. The van der Waals surface area contributed by atoms with Gasteiger partial charge in [-0.25, -0.2) is 0 Å². The molecule has 0 saturated carbocycles. The highest BCUT2D eigenvalue weighted by Gasteiger charge is 2.24. The van der Waals surface area contributed by atoms with Crippen molar-refractivity contribution in [3.63, 3.8) is 0 Å². The van der Waals surface area contributed by atoms with E-state index < -0.39 is 0 Å². The second kappa shape index (κ2) is 5.98. The summed E-state index contributed by atoms with van der Waals surface area (Å²) in [6.07, 6.45) is 0. The van der Waals surface area contributed by atoms with Crippen LogP contribution in [-0.4, -0.2) is 33.0 Å². The van der Waals surface area contributed by atoms with Crippen molar-refractivity contribution in [3.05, 3.63) is 46.2 Å². The Labute approximate surface area is 150 Å². The molecule has 134 valence electrons. The number of aromatic nitrogens is 1. The minimum atomic E-state index is -0.0624. The van der Waals surface area contributed by atoms with Crippen molar-refractivity contribution in [2.75, 3.05) is 28.4 Å². The Kier molecular flexibility index (Phi) is 3.76. The van der Waals surface area contributed by atoms with Gasteiger partial charge >= 0.3 is 0 Å². The van der Waals surface area contributed by atoms with E-state index in [2.05, 4.69) is 0 Å². The zero-order valence-corrected chi connectivity index (χ0v) is 15.1. The van der Waals surface area contributed by atoms with Gasteiger partial charge in [0.2, 0.25) is 0 Å². The predicted octanol–water partition coefficient (Wildman–Crippen LogP) is 3.06. The maximum Gasteiger partial charge on any atom is 0.259 e. The lowest BCUT2D eigenvalue weighted by Gasteiger charge is -2.12. The van der Waals surface area contributed by atoms with Crippen molar-refractivity contribution >= 4 is 10.8 Å². The fraction of sp³-hybridized carbons (Fsp3) is 0.250. The number of benzene rings is 2. The van der Waals surface area contributed by atoms with Crippen LogP contribution in [0.15, 0.2) is 35.1 Å². The molecule has 0 spiro atoms. The van der Waals surface area contributed by atoms with Gasteiger partial charge in [0.15, 0.2) is 23.0 Å². The molecule has 0 N–H and O–H groups in total. The highest BCUT2D eigenvalue weighted by molar-refractivity contribution is 5.90. The van der Waals surface area contributed by atoms with E-state index in [4.69, 9.17) is 18.9 Å². The first-order valence-electron chi connectivity index (χ1n) is 8.16. The second-order valence-corrected chi connectivity index (χ2v) is 6.08. The van der Waals surface area contributed by atoms with Crippen LogP contribution < -0.4 is 24.5 Å². The van der Waals surface area contributed by atoms with Crippen LogP contribution in [0, 0.1) is 0 Å². The first-order valence-corrected chi connectivity index (χ1v) is 8.16. The van der Waals surface area contributed by atoms with Gasteiger partial charge in [0.25, 0.3) is 5.56 Å². The molecule has 0 aliphatic carbocycles. The van der Waals surface area contributed by atoms with Gasteiger partial charge < -0.3 is 23.5 Å². The standard InChI is InChI=1S/C20H19NO5/c1-23-16-6-11-5-15-13-8-18(25-3)17(24-2)7-12(13)10-21(15)20(22)14(11)9-19(16)26-4/h5-9H,10H2,1-4H3. The van der Waals surface area contributed by atoms with E-state index in [-0.39, 0.29) is 5.56 Å². The van der Waals surface area contributed by atoms with Crippen molar-refractivity contribution in [2.24, 2.45) is 0 Å². The maximum absolute atomic E-state index is 13.1. The number of hydrogen-bond acceptors (Lipinski definition) is 5. The summed E-state index contributed by atoms with van der Waals surface area (Å²) >= 11 is 0. The van der Waals surface area contributed by atoms with Crippen LogP contribution in [0.1, 0.15) is 5.56 Å². The molecule has 0 amide bonds. The van der Waals surface area contributed by atoms with Crippen molar-refractivity contribution < 1.29 is 18.9 Å². The normalized spacial score (nSPS) is 11.8. The summed E-state index contributed by atoms with van der Waals surface area (Å²) in [5.74, 6) is 2.42. The second-order valence-electron chi connectivity index (χ2n) is 6.08. The fourth-order valence-corrected chi connectivity index (χ4v) is 3.52. The van der Waals surface area contributed by atoms with E-state index in [9.17, 15) is 4.79 Å². The number of rotatable bonds is 4. The monoisotopic (exact) mass is 353 g/mol. The van der Waals surface area contributed by atoms with Crippen LogP contribution in [0.5, 0.6) is 23.0 Å². The van der Waals surface area contributed by atoms with Gasteiger partial charge in [-0.05, 0) is 41.3 Å². The average molecular weight is 353 g/mol. The number of methoxy groups -OCH3 is 4. The number of fused-ring (bicyclic) bond motifs is 4. The molecule has 3 aromatic rings. The van der Waals surface area contributed by atoms with Crippen LogP contribution in [0.2, 0.25) is 0 Å². The zero-order valence-electron chi connectivity index (χ0n) is 15.1. The Bertz CT molecular complexity index is 1080. The van der Waals surface area contributed by atoms with Crippen LogP contribution in [-0.2, 0) is 6.54 Å². The smallest absolute Gasteiger partial charge is 0.259 e. The topological polar surface area (TPSA) is 58.9 Å². The Balaban J connectivity index is 2.00. The molecule has 6 nitrogen and oxygen atoms in total. The summed E-state index contributed by atoms with van der Waals surface area (Å²) < 4.78 is 23.3. The lowest BCUT2D eigenvalue weighted by atomic mass is 10.0. The number of hydrogen-bond donors (Lipinski definition) is 0. The van der Waals surface area contributed by atoms with E-state index in [1.807, 2.05) is 24.3 Å². The van der Waals surface area contributed by atoms with Crippen molar-refractivity contribution in [1.82, 2.24) is 4.57 Å². The summed E-state index contributed by atoms with van der Waals surface area (Å²) in [6.45, 7) is 0.494. The Morgan fingerprint density at radius 3 is 2.00 bits per heavy atom. The van der Waals surface area contributed by atoms with Gasteiger partial charge in [0.05, 0.1) is 46.1 Å². The van der Waals surface area contributed by atoms with Crippen LogP contribution in [0.4, 0.5) is 0 Å². The summed E-state index contributed by atoms with van der Waals surface area (Å²) in [5.41, 5.74) is 2.78. The molecule has 1 aliphatic rings. The molecule has 0 fully saturated rings. The van der Waals surface area contributed by atoms with E-state index in [0.29, 0.717) is 34.9 Å². The zero-order chi connectivity index (χ0) is 18.4. The van der Waals surface area contributed by atoms with E-state index in [0.717, 1.165) is 22.2 Å². The SMILES string of the molecule is COc1cc2c(cc1OC)-c1cc3cc(OC)c(OC)cc3c(=O)n1C2. The number of nitrogens with zero attached hydrogens (tertiary/aromatic N) is 1. The summed E-state index contributed by atoms with van der Waals surface area (Å²) in [4.78, 5) is 13.1. The van der Waals surface area contributed by atoms with Crippen molar-refractivity contribution in [2.45, 2.75) is 6.54 Å². The average Bonchev–Trinajstić information content (AvgIpc) is 3.03. The molecule has 4 rings (SSSR count). The summed E-state index contributed by atoms with van der Waals surface area (Å²) in [5, 5.41) is 1.40. The molecule has 0 atom stereocenters. The molecule has 26 heavy (non-hydrogen) atoms. The van der Waals surface area contributed by atoms with Crippen molar-refractivity contribution in [3.8, 4) is 34.3 Å². The van der Waals surface area contributed by atoms with E-state index in [1.165, 1.54) is 0 Å². The molecular formula is C20H19NO5. The molecular weight excluding hydrogens is 334 g/mol. The molecule has 0 bridgehead atoms. The minimum Gasteiger partial charge on any atom is -0.493 e. The third kappa shape index (κ3) is 2.22. The number of pyridine rings is 1. The third-order valence-electron chi connectivity index (χ3n) is 4.83. The molecule has 2 heterocycles. The van der Waals surface area contributed by atoms with Gasteiger partial charge in [0, 0.05) is 5.56 Å². The largest absolute Gasteiger partial charge is 0.493 e. The summed E-state index contributed by atoms with van der Waals surface area (Å²) in [7, 11) is 6.34. The van der Waals surface area contributed by atoms with Gasteiger partial charge in [-0.3, -0.25) is 4.79 Å². The molecule has 0 unspecified atom stereocenters. The molecule has 2 aromatic carbocycles. The summed E-state index contributed by atoms with van der Waals surface area (Å²) in [6, 6.07) is 9.39. The lowest BCUT2D eigenvalue weighted by Crippen LogP contribution is -2.19. The Morgan fingerprint density at radius 2 is 1.35 bits per heavy atom. The van der Waals surface area contributed by atoms with E-state index >= 15 is 0 Å². The highest BCUT2D eigenvalue weighted by Crippen LogP contribution is 2.41. The first-order chi connectivity index (χ1) is 12.6. The fourth-order valence-electron chi connectivity index (χ4n) is 3.52. The van der Waals surface area contributed by atoms with Gasteiger partial charge in [0.1, 0.15) is 0 Å². The maximum atomic E-state index is 13.1. The Morgan fingerprint density at radius 1 is 0.769 bits per heavy atom. The van der Waals surface area contributed by atoms with Gasteiger partial charge in [-0.1, -0.05) is 0 Å². The van der Waals surface area contributed by atoms with Gasteiger partial charge in [-0.2, -0.15) is 0 Å².